The third-order valence-electron chi connectivity index (χ3n) is 3.33. The van der Waals surface area contributed by atoms with Crippen molar-refractivity contribution in [1.82, 2.24) is 4.90 Å². The molecule has 0 aliphatic heterocycles. The van der Waals surface area contributed by atoms with Crippen LogP contribution < -0.4 is 5.73 Å². The summed E-state index contributed by atoms with van der Waals surface area (Å²) in [7, 11) is 0. The van der Waals surface area contributed by atoms with Gasteiger partial charge in [-0.1, -0.05) is 26.8 Å². The molecule has 20 heavy (non-hydrogen) atoms. The van der Waals surface area contributed by atoms with E-state index in [9.17, 15) is 4.39 Å². The topological polar surface area (TPSA) is 53.0 Å². The minimum Gasteiger partial charge on any atom is -0.330 e. The maximum Gasteiger partial charge on any atom is 0.124 e. The van der Waals surface area contributed by atoms with Gasteiger partial charge in [0.2, 0.25) is 0 Å². The van der Waals surface area contributed by atoms with Crippen molar-refractivity contribution >= 4 is 0 Å². The van der Waals surface area contributed by atoms with Crippen LogP contribution in [0.3, 0.4) is 0 Å². The lowest BCUT2D eigenvalue weighted by Gasteiger charge is -2.31. The molecule has 0 heterocycles. The summed E-state index contributed by atoms with van der Waals surface area (Å²) in [6.07, 6.45) is 1.03. The average Bonchev–Trinajstić information content (AvgIpc) is 2.40. The lowest BCUT2D eigenvalue weighted by molar-refractivity contribution is 0.176. The van der Waals surface area contributed by atoms with Crippen LogP contribution in [-0.2, 0) is 6.54 Å². The highest BCUT2D eigenvalue weighted by molar-refractivity contribution is 5.37. The largest absolute Gasteiger partial charge is 0.330 e. The van der Waals surface area contributed by atoms with Crippen molar-refractivity contribution in [2.24, 2.45) is 11.1 Å². The first kappa shape index (κ1) is 16.6. The van der Waals surface area contributed by atoms with Gasteiger partial charge >= 0.3 is 0 Å². The summed E-state index contributed by atoms with van der Waals surface area (Å²) < 4.78 is 13.2. The van der Waals surface area contributed by atoms with Gasteiger partial charge < -0.3 is 5.73 Å². The first-order valence-electron chi connectivity index (χ1n) is 7.03. The number of benzene rings is 1. The number of nitriles is 1. The quantitative estimate of drug-likeness (QED) is 0.833. The Hall–Kier alpha value is -1.44. The maximum absolute atomic E-state index is 13.2. The monoisotopic (exact) mass is 277 g/mol. The summed E-state index contributed by atoms with van der Waals surface area (Å²) >= 11 is 0. The Bertz CT molecular complexity index is 477. The zero-order valence-corrected chi connectivity index (χ0v) is 12.6. The van der Waals surface area contributed by atoms with Crippen molar-refractivity contribution in [3.05, 3.63) is 35.1 Å². The molecule has 0 bridgehead atoms. The molecule has 0 atom stereocenters. The van der Waals surface area contributed by atoms with E-state index in [4.69, 9.17) is 11.0 Å². The molecular weight excluding hydrogens is 253 g/mol. The second kappa shape index (κ2) is 7.37. The smallest absolute Gasteiger partial charge is 0.124 e. The Balaban J connectivity index is 2.88. The minimum absolute atomic E-state index is 0.0298. The van der Waals surface area contributed by atoms with Gasteiger partial charge in [0.1, 0.15) is 5.82 Å². The van der Waals surface area contributed by atoms with E-state index < -0.39 is 0 Å². The van der Waals surface area contributed by atoms with Gasteiger partial charge in [-0.05, 0) is 42.6 Å². The van der Waals surface area contributed by atoms with Crippen LogP contribution in [0.2, 0.25) is 0 Å². The zero-order chi connectivity index (χ0) is 15.2. The molecule has 1 aromatic rings. The fourth-order valence-electron chi connectivity index (χ4n) is 2.23. The molecule has 0 aromatic heterocycles. The number of rotatable bonds is 7. The van der Waals surface area contributed by atoms with E-state index >= 15 is 0 Å². The fourth-order valence-corrected chi connectivity index (χ4v) is 2.23. The van der Waals surface area contributed by atoms with Crippen molar-refractivity contribution in [2.45, 2.75) is 33.7 Å². The number of hydrogen-bond donors (Lipinski definition) is 1. The molecule has 0 saturated carbocycles. The van der Waals surface area contributed by atoms with E-state index in [0.717, 1.165) is 25.1 Å². The average molecular weight is 277 g/mol. The van der Waals surface area contributed by atoms with Crippen molar-refractivity contribution in [3.63, 3.8) is 0 Å². The van der Waals surface area contributed by atoms with E-state index in [2.05, 4.69) is 31.7 Å². The normalized spacial score (nSPS) is 11.7. The van der Waals surface area contributed by atoms with Crippen molar-refractivity contribution in [1.29, 1.82) is 5.26 Å². The molecule has 0 aliphatic rings. The predicted molar refractivity (Wildman–Crippen MR) is 79.5 cm³/mol. The van der Waals surface area contributed by atoms with Crippen LogP contribution in [0.5, 0.6) is 0 Å². The first-order valence-corrected chi connectivity index (χ1v) is 7.03. The molecule has 0 aliphatic carbocycles. The summed E-state index contributed by atoms with van der Waals surface area (Å²) in [6, 6.07) is 6.48. The Morgan fingerprint density at radius 3 is 2.65 bits per heavy atom. The maximum atomic E-state index is 13.2. The zero-order valence-electron chi connectivity index (χ0n) is 12.6. The van der Waals surface area contributed by atoms with Crippen LogP contribution in [0, 0.1) is 22.6 Å². The van der Waals surface area contributed by atoms with Gasteiger partial charge in [-0.25, -0.2) is 4.39 Å². The van der Waals surface area contributed by atoms with Gasteiger partial charge in [0.05, 0.1) is 11.6 Å². The van der Waals surface area contributed by atoms with Crippen molar-refractivity contribution in [3.8, 4) is 6.07 Å². The Morgan fingerprint density at radius 1 is 1.40 bits per heavy atom. The molecule has 0 unspecified atom stereocenters. The molecule has 0 amide bonds. The molecule has 1 rings (SSSR count). The second-order valence-corrected chi connectivity index (χ2v) is 5.99. The van der Waals surface area contributed by atoms with Crippen LogP contribution in [0.1, 0.15) is 38.3 Å². The Kier molecular flexibility index (Phi) is 6.12. The van der Waals surface area contributed by atoms with E-state index in [1.54, 1.807) is 6.07 Å². The Labute approximate surface area is 121 Å². The van der Waals surface area contributed by atoms with Crippen molar-refractivity contribution in [2.75, 3.05) is 19.6 Å². The van der Waals surface area contributed by atoms with E-state index in [1.165, 1.54) is 12.1 Å². The third kappa shape index (κ3) is 4.92. The van der Waals surface area contributed by atoms with E-state index in [1.807, 2.05) is 0 Å². The standard InChI is InChI=1S/C16H24FN3/c1-4-7-20(12-16(2,3)11-19)10-13-5-6-15(17)8-14(13)9-18/h5-6,8H,4,7,10-12,19H2,1-3H3. The molecular formula is C16H24FN3. The first-order chi connectivity index (χ1) is 9.41. The van der Waals surface area contributed by atoms with Crippen LogP contribution >= 0.6 is 0 Å². The Morgan fingerprint density at radius 2 is 2.10 bits per heavy atom. The number of nitrogens with zero attached hydrogens (tertiary/aromatic N) is 2. The van der Waals surface area contributed by atoms with Crippen LogP contribution in [0.4, 0.5) is 4.39 Å². The highest BCUT2D eigenvalue weighted by Gasteiger charge is 2.20. The third-order valence-corrected chi connectivity index (χ3v) is 3.33. The highest BCUT2D eigenvalue weighted by atomic mass is 19.1. The summed E-state index contributed by atoms with van der Waals surface area (Å²) in [5.41, 5.74) is 7.11. The molecule has 0 saturated heterocycles. The summed E-state index contributed by atoms with van der Waals surface area (Å²) in [5, 5.41) is 9.11. The molecule has 3 nitrogen and oxygen atoms in total. The van der Waals surface area contributed by atoms with Crippen LogP contribution in [-0.4, -0.2) is 24.5 Å². The molecule has 0 spiro atoms. The molecule has 0 fully saturated rings. The molecule has 1 aromatic carbocycles. The summed E-state index contributed by atoms with van der Waals surface area (Å²) in [5.74, 6) is -0.366. The lowest BCUT2D eigenvalue weighted by atomic mass is 9.92. The van der Waals surface area contributed by atoms with Gasteiger partial charge in [0.15, 0.2) is 0 Å². The van der Waals surface area contributed by atoms with Gasteiger partial charge in [-0.15, -0.1) is 0 Å². The summed E-state index contributed by atoms with van der Waals surface area (Å²) in [6.45, 7) is 9.45. The van der Waals surface area contributed by atoms with E-state index in [-0.39, 0.29) is 11.2 Å². The summed E-state index contributed by atoms with van der Waals surface area (Å²) in [4.78, 5) is 2.28. The number of halogens is 1. The van der Waals surface area contributed by atoms with Gasteiger partial charge in [-0.2, -0.15) is 5.26 Å². The van der Waals surface area contributed by atoms with Crippen LogP contribution in [0.25, 0.3) is 0 Å². The fraction of sp³-hybridized carbons (Fsp3) is 0.562. The van der Waals surface area contributed by atoms with E-state index in [0.29, 0.717) is 18.7 Å². The molecule has 4 heteroatoms. The molecule has 110 valence electrons. The second-order valence-electron chi connectivity index (χ2n) is 5.99. The predicted octanol–water partition coefficient (Wildman–Crippen LogP) is 2.89. The molecule has 2 N–H and O–H groups in total. The number of hydrogen-bond acceptors (Lipinski definition) is 3. The highest BCUT2D eigenvalue weighted by Crippen LogP contribution is 2.19. The van der Waals surface area contributed by atoms with Crippen molar-refractivity contribution < 1.29 is 4.39 Å². The lowest BCUT2D eigenvalue weighted by Crippen LogP contribution is -2.39. The van der Waals surface area contributed by atoms with Gasteiger partial charge in [0, 0.05) is 13.1 Å². The van der Waals surface area contributed by atoms with Gasteiger partial charge in [0.25, 0.3) is 0 Å². The van der Waals surface area contributed by atoms with Gasteiger partial charge in [-0.3, -0.25) is 4.90 Å². The SMILES string of the molecule is CCCN(Cc1ccc(F)cc1C#N)CC(C)(C)CN. The molecule has 0 radical (unpaired) electrons. The van der Waals surface area contributed by atoms with Crippen LogP contribution in [0.15, 0.2) is 18.2 Å². The minimum atomic E-state index is -0.366. The number of nitrogens with two attached hydrogens (primary N) is 1.